The molecular formula is C16H17NO2. The zero-order chi connectivity index (χ0) is 13.1. The van der Waals surface area contributed by atoms with Gasteiger partial charge < -0.3 is 10.1 Å². The summed E-state index contributed by atoms with van der Waals surface area (Å²) >= 11 is 0. The third-order valence-electron chi connectivity index (χ3n) is 3.64. The highest BCUT2D eigenvalue weighted by Gasteiger charge is 2.21. The van der Waals surface area contributed by atoms with Crippen LogP contribution in [0.1, 0.15) is 12.8 Å². The Hall–Kier alpha value is -1.87. The van der Waals surface area contributed by atoms with Gasteiger partial charge >= 0.3 is 0 Å². The average molecular weight is 255 g/mol. The predicted octanol–water partition coefficient (Wildman–Crippen LogP) is 3.20. The number of amides is 1. The number of ether oxygens (including phenoxy) is 1. The highest BCUT2D eigenvalue weighted by atomic mass is 16.5. The number of anilines is 1. The fraction of sp³-hybridized carbons (Fsp3) is 0.312. The van der Waals surface area contributed by atoms with Crippen LogP contribution in [0.15, 0.2) is 42.5 Å². The topological polar surface area (TPSA) is 38.3 Å². The largest absolute Gasteiger partial charge is 0.381 e. The van der Waals surface area contributed by atoms with E-state index < -0.39 is 0 Å². The first-order chi connectivity index (χ1) is 9.34. The molecule has 2 aromatic carbocycles. The lowest BCUT2D eigenvalue weighted by Crippen LogP contribution is -2.28. The molecule has 1 aliphatic heterocycles. The molecule has 1 fully saturated rings. The van der Waals surface area contributed by atoms with E-state index >= 15 is 0 Å². The van der Waals surface area contributed by atoms with E-state index in [1.54, 1.807) is 0 Å². The molecule has 1 saturated heterocycles. The summed E-state index contributed by atoms with van der Waals surface area (Å²) in [6.45, 7) is 1.38. The summed E-state index contributed by atoms with van der Waals surface area (Å²) in [6, 6.07) is 14.1. The second-order valence-corrected chi connectivity index (χ2v) is 4.90. The van der Waals surface area contributed by atoms with E-state index in [0.29, 0.717) is 13.2 Å². The monoisotopic (exact) mass is 255 g/mol. The molecule has 3 nitrogen and oxygen atoms in total. The van der Waals surface area contributed by atoms with Crippen molar-refractivity contribution >= 4 is 22.4 Å². The average Bonchev–Trinajstić information content (AvgIpc) is 2.48. The van der Waals surface area contributed by atoms with Crippen LogP contribution < -0.4 is 5.32 Å². The quantitative estimate of drug-likeness (QED) is 0.895. The molecule has 0 radical (unpaired) electrons. The minimum atomic E-state index is 0.0766. The molecule has 1 amide bonds. The molecule has 1 N–H and O–H groups in total. The van der Waals surface area contributed by atoms with Crippen LogP contribution in [0.25, 0.3) is 10.8 Å². The first kappa shape index (κ1) is 12.2. The van der Waals surface area contributed by atoms with Crippen molar-refractivity contribution in [1.82, 2.24) is 0 Å². The van der Waals surface area contributed by atoms with Crippen LogP contribution in [0.3, 0.4) is 0 Å². The third-order valence-corrected chi connectivity index (χ3v) is 3.64. The van der Waals surface area contributed by atoms with Crippen molar-refractivity contribution in [3.05, 3.63) is 42.5 Å². The van der Waals surface area contributed by atoms with Gasteiger partial charge in [-0.15, -0.1) is 0 Å². The van der Waals surface area contributed by atoms with E-state index in [4.69, 9.17) is 4.74 Å². The molecule has 0 unspecified atom stereocenters. The van der Waals surface area contributed by atoms with Gasteiger partial charge in [0, 0.05) is 30.2 Å². The number of rotatable bonds is 2. The lowest BCUT2D eigenvalue weighted by atomic mass is 9.99. The zero-order valence-electron chi connectivity index (χ0n) is 10.8. The lowest BCUT2D eigenvalue weighted by molar-refractivity contribution is -0.122. The summed E-state index contributed by atoms with van der Waals surface area (Å²) in [5, 5.41) is 5.29. The number of fused-ring (bicyclic) bond motifs is 1. The smallest absolute Gasteiger partial charge is 0.227 e. The van der Waals surface area contributed by atoms with Crippen molar-refractivity contribution in [1.29, 1.82) is 0 Å². The molecule has 0 aliphatic carbocycles. The molecule has 0 saturated carbocycles. The maximum atomic E-state index is 12.2. The number of nitrogens with one attached hydrogen (secondary N) is 1. The minimum Gasteiger partial charge on any atom is -0.381 e. The van der Waals surface area contributed by atoms with E-state index in [1.807, 2.05) is 30.3 Å². The van der Waals surface area contributed by atoms with Crippen LogP contribution in [-0.2, 0) is 9.53 Å². The van der Waals surface area contributed by atoms with Gasteiger partial charge in [-0.3, -0.25) is 4.79 Å². The Kier molecular flexibility index (Phi) is 3.47. The van der Waals surface area contributed by atoms with Crippen LogP contribution in [0.2, 0.25) is 0 Å². The van der Waals surface area contributed by atoms with E-state index in [-0.39, 0.29) is 11.8 Å². The molecule has 0 atom stereocenters. The number of hydrogen-bond donors (Lipinski definition) is 1. The van der Waals surface area contributed by atoms with Gasteiger partial charge in [-0.1, -0.05) is 36.4 Å². The number of benzene rings is 2. The van der Waals surface area contributed by atoms with Crippen LogP contribution >= 0.6 is 0 Å². The van der Waals surface area contributed by atoms with Gasteiger partial charge in [0.15, 0.2) is 0 Å². The standard InChI is InChI=1S/C16H17NO2/c18-16(13-8-10-19-11-9-13)17-15-7-3-5-12-4-1-2-6-14(12)15/h1-7,13H,8-11H2,(H,17,18). The molecule has 3 heteroatoms. The van der Waals surface area contributed by atoms with Gasteiger partial charge in [0.1, 0.15) is 0 Å². The molecule has 1 aliphatic rings. The Labute approximate surface area is 112 Å². The van der Waals surface area contributed by atoms with Crippen molar-refractivity contribution in [2.45, 2.75) is 12.8 Å². The fourth-order valence-electron chi connectivity index (χ4n) is 2.53. The van der Waals surface area contributed by atoms with Crippen molar-refractivity contribution in [2.24, 2.45) is 5.92 Å². The summed E-state index contributed by atoms with van der Waals surface area (Å²) in [7, 11) is 0. The summed E-state index contributed by atoms with van der Waals surface area (Å²) in [4.78, 5) is 12.2. The molecule has 0 bridgehead atoms. The normalized spacial score (nSPS) is 16.4. The first-order valence-electron chi connectivity index (χ1n) is 6.71. The van der Waals surface area contributed by atoms with Crippen LogP contribution in [0.4, 0.5) is 5.69 Å². The Morgan fingerprint density at radius 1 is 1.05 bits per heavy atom. The van der Waals surface area contributed by atoms with Gasteiger partial charge in [-0.25, -0.2) is 0 Å². The first-order valence-corrected chi connectivity index (χ1v) is 6.71. The highest BCUT2D eigenvalue weighted by Crippen LogP contribution is 2.24. The molecule has 1 heterocycles. The minimum absolute atomic E-state index is 0.0766. The van der Waals surface area contributed by atoms with E-state index in [9.17, 15) is 4.79 Å². The number of hydrogen-bond acceptors (Lipinski definition) is 2. The SMILES string of the molecule is O=C(Nc1cccc2ccccc12)C1CCOCC1. The summed E-state index contributed by atoms with van der Waals surface area (Å²) in [5.74, 6) is 0.187. The zero-order valence-corrected chi connectivity index (χ0v) is 10.8. The molecule has 3 rings (SSSR count). The van der Waals surface area contributed by atoms with Crippen molar-refractivity contribution in [2.75, 3.05) is 18.5 Å². The van der Waals surface area contributed by atoms with Crippen LogP contribution in [0, 0.1) is 5.92 Å². The Bertz CT molecular complexity index is 583. The molecular weight excluding hydrogens is 238 g/mol. The van der Waals surface area contributed by atoms with Crippen molar-refractivity contribution in [3.63, 3.8) is 0 Å². The molecule has 2 aromatic rings. The predicted molar refractivity (Wildman–Crippen MR) is 76.1 cm³/mol. The molecule has 0 aromatic heterocycles. The lowest BCUT2D eigenvalue weighted by Gasteiger charge is -2.21. The second kappa shape index (κ2) is 5.41. The van der Waals surface area contributed by atoms with Gasteiger partial charge in [0.05, 0.1) is 0 Å². The summed E-state index contributed by atoms with van der Waals surface area (Å²) in [5.41, 5.74) is 0.898. The Morgan fingerprint density at radius 3 is 2.63 bits per heavy atom. The van der Waals surface area contributed by atoms with Gasteiger partial charge in [-0.05, 0) is 24.3 Å². The second-order valence-electron chi connectivity index (χ2n) is 4.90. The van der Waals surface area contributed by atoms with Gasteiger partial charge in [-0.2, -0.15) is 0 Å². The molecule has 0 spiro atoms. The van der Waals surface area contributed by atoms with Gasteiger partial charge in [0.25, 0.3) is 0 Å². The number of carbonyl (C=O) groups is 1. The maximum Gasteiger partial charge on any atom is 0.227 e. The van der Waals surface area contributed by atoms with E-state index in [0.717, 1.165) is 29.3 Å². The number of carbonyl (C=O) groups excluding carboxylic acids is 1. The van der Waals surface area contributed by atoms with E-state index in [1.165, 1.54) is 0 Å². The Balaban J connectivity index is 1.82. The summed E-state index contributed by atoms with van der Waals surface area (Å²) in [6.07, 6.45) is 1.63. The maximum absolute atomic E-state index is 12.2. The van der Waals surface area contributed by atoms with E-state index in [2.05, 4.69) is 17.4 Å². The van der Waals surface area contributed by atoms with Crippen molar-refractivity contribution < 1.29 is 9.53 Å². The van der Waals surface area contributed by atoms with Crippen LogP contribution in [0.5, 0.6) is 0 Å². The summed E-state index contributed by atoms with van der Waals surface area (Å²) < 4.78 is 5.29. The molecule has 19 heavy (non-hydrogen) atoms. The Morgan fingerprint density at radius 2 is 1.79 bits per heavy atom. The molecule has 98 valence electrons. The highest BCUT2D eigenvalue weighted by molar-refractivity contribution is 6.02. The van der Waals surface area contributed by atoms with Gasteiger partial charge in [0.2, 0.25) is 5.91 Å². The van der Waals surface area contributed by atoms with Crippen LogP contribution in [-0.4, -0.2) is 19.1 Å². The fourth-order valence-corrected chi connectivity index (χ4v) is 2.53. The van der Waals surface area contributed by atoms with Crippen molar-refractivity contribution in [3.8, 4) is 0 Å². The third kappa shape index (κ3) is 2.61.